The Morgan fingerprint density at radius 3 is 2.15 bits per heavy atom. The number of methoxy groups -OCH3 is 3. The van der Waals surface area contributed by atoms with Crippen molar-refractivity contribution in [2.75, 3.05) is 21.3 Å². The van der Waals surface area contributed by atoms with Gasteiger partial charge in [-0.2, -0.15) is 0 Å². The predicted molar refractivity (Wildman–Crippen MR) is 104 cm³/mol. The highest BCUT2D eigenvalue weighted by atomic mass is 16.5. The Bertz CT molecular complexity index is 778. The topological polar surface area (TPSA) is 66.0 Å². The minimum absolute atomic E-state index is 0.204. The van der Waals surface area contributed by atoms with Crippen LogP contribution >= 0.6 is 0 Å². The summed E-state index contributed by atoms with van der Waals surface area (Å²) in [7, 11) is 4.66. The number of ether oxygens (including phenoxy) is 4. The van der Waals surface area contributed by atoms with Crippen molar-refractivity contribution >= 4 is 5.91 Å². The van der Waals surface area contributed by atoms with Crippen LogP contribution in [0.15, 0.2) is 30.3 Å². The van der Waals surface area contributed by atoms with Gasteiger partial charge in [-0.3, -0.25) is 4.79 Å². The van der Waals surface area contributed by atoms with Crippen molar-refractivity contribution in [1.82, 2.24) is 5.32 Å². The molecule has 0 saturated heterocycles. The van der Waals surface area contributed by atoms with Crippen molar-refractivity contribution in [3.05, 3.63) is 47.0 Å². The highest BCUT2D eigenvalue weighted by molar-refractivity contribution is 5.80. The highest BCUT2D eigenvalue weighted by Crippen LogP contribution is 2.38. The normalized spacial score (nSPS) is 11.5. The molecule has 2 rings (SSSR count). The van der Waals surface area contributed by atoms with Gasteiger partial charge in [0.05, 0.1) is 21.3 Å². The quantitative estimate of drug-likeness (QED) is 0.768. The van der Waals surface area contributed by atoms with Gasteiger partial charge in [0.2, 0.25) is 5.75 Å². The molecule has 2 aromatic carbocycles. The van der Waals surface area contributed by atoms with Gasteiger partial charge in [-0.25, -0.2) is 0 Å². The second-order valence-corrected chi connectivity index (χ2v) is 6.28. The lowest BCUT2D eigenvalue weighted by molar-refractivity contribution is -0.127. The second-order valence-electron chi connectivity index (χ2n) is 6.28. The van der Waals surface area contributed by atoms with E-state index in [9.17, 15) is 4.79 Å². The molecule has 1 unspecified atom stereocenters. The van der Waals surface area contributed by atoms with Crippen LogP contribution in [0, 0.1) is 13.8 Å². The number of hydrogen-bond acceptors (Lipinski definition) is 5. The number of nitrogens with one attached hydrogen (secondary N) is 1. The number of carbonyl (C=O) groups excluding carboxylic acids is 1. The van der Waals surface area contributed by atoms with E-state index in [1.807, 2.05) is 32.0 Å². The van der Waals surface area contributed by atoms with Crippen molar-refractivity contribution in [3.63, 3.8) is 0 Å². The summed E-state index contributed by atoms with van der Waals surface area (Å²) in [5.74, 6) is 2.11. The summed E-state index contributed by atoms with van der Waals surface area (Å²) < 4.78 is 21.8. The number of benzene rings is 2. The fraction of sp³-hybridized carbons (Fsp3) is 0.381. The highest BCUT2D eigenvalue weighted by Gasteiger charge is 2.17. The molecule has 0 fully saturated rings. The lowest BCUT2D eigenvalue weighted by Gasteiger charge is -2.18. The third kappa shape index (κ3) is 5.06. The van der Waals surface area contributed by atoms with Gasteiger partial charge >= 0.3 is 0 Å². The zero-order valence-corrected chi connectivity index (χ0v) is 16.7. The summed E-state index contributed by atoms with van der Waals surface area (Å²) >= 11 is 0. The first-order chi connectivity index (χ1) is 12.9. The zero-order chi connectivity index (χ0) is 20.0. The molecule has 0 aliphatic heterocycles. The Labute approximate surface area is 160 Å². The summed E-state index contributed by atoms with van der Waals surface area (Å²) in [6.07, 6.45) is -0.618. The number of aryl methyl sites for hydroxylation is 2. The van der Waals surface area contributed by atoms with E-state index in [1.54, 1.807) is 40.4 Å². The first kappa shape index (κ1) is 20.4. The average Bonchev–Trinajstić information content (AvgIpc) is 2.67. The molecule has 27 heavy (non-hydrogen) atoms. The van der Waals surface area contributed by atoms with E-state index in [2.05, 4.69) is 5.32 Å². The standard InChI is InChI=1S/C21H27NO5/c1-13-7-8-14(2)17(9-13)27-15(3)21(23)22-12-16-10-18(24-4)20(26-6)19(11-16)25-5/h7-11,15H,12H2,1-6H3,(H,22,23). The molecule has 0 aliphatic carbocycles. The molecule has 0 aliphatic rings. The molecular weight excluding hydrogens is 346 g/mol. The monoisotopic (exact) mass is 373 g/mol. The number of rotatable bonds is 8. The van der Waals surface area contributed by atoms with Gasteiger partial charge in [0, 0.05) is 6.54 Å². The predicted octanol–water partition coefficient (Wildman–Crippen LogP) is 3.41. The third-order valence-corrected chi connectivity index (χ3v) is 4.21. The van der Waals surface area contributed by atoms with Gasteiger partial charge in [-0.15, -0.1) is 0 Å². The Hall–Kier alpha value is -2.89. The molecule has 6 heteroatoms. The van der Waals surface area contributed by atoms with Gasteiger partial charge in [0.15, 0.2) is 17.6 Å². The second kappa shape index (κ2) is 9.16. The fourth-order valence-corrected chi connectivity index (χ4v) is 2.65. The Kier molecular flexibility index (Phi) is 6.93. The van der Waals surface area contributed by atoms with Crippen LogP contribution in [0.3, 0.4) is 0 Å². The van der Waals surface area contributed by atoms with Crippen LogP contribution in [0.5, 0.6) is 23.0 Å². The first-order valence-electron chi connectivity index (χ1n) is 8.70. The molecule has 0 spiro atoms. The largest absolute Gasteiger partial charge is 0.493 e. The molecule has 0 heterocycles. The van der Waals surface area contributed by atoms with Crippen LogP contribution in [-0.4, -0.2) is 33.3 Å². The molecule has 1 N–H and O–H groups in total. The van der Waals surface area contributed by atoms with Gasteiger partial charge in [-0.05, 0) is 55.7 Å². The van der Waals surface area contributed by atoms with Crippen LogP contribution in [0.25, 0.3) is 0 Å². The number of carbonyl (C=O) groups is 1. The van der Waals surface area contributed by atoms with Gasteiger partial charge in [-0.1, -0.05) is 12.1 Å². The average molecular weight is 373 g/mol. The van der Waals surface area contributed by atoms with Crippen LogP contribution in [0.2, 0.25) is 0 Å². The molecule has 1 amide bonds. The Balaban J connectivity index is 2.05. The number of hydrogen-bond donors (Lipinski definition) is 1. The summed E-state index contributed by atoms with van der Waals surface area (Å²) in [6, 6.07) is 9.52. The van der Waals surface area contributed by atoms with Crippen molar-refractivity contribution < 1.29 is 23.7 Å². The summed E-state index contributed by atoms with van der Waals surface area (Å²) in [5, 5.41) is 2.88. The van der Waals surface area contributed by atoms with Gasteiger partial charge < -0.3 is 24.3 Å². The van der Waals surface area contributed by atoms with Crippen molar-refractivity contribution in [1.29, 1.82) is 0 Å². The van der Waals surface area contributed by atoms with Crippen LogP contribution in [0.4, 0.5) is 0 Å². The van der Waals surface area contributed by atoms with Gasteiger partial charge in [0.1, 0.15) is 5.75 Å². The minimum Gasteiger partial charge on any atom is -0.493 e. The molecule has 0 saturated carbocycles. The lowest BCUT2D eigenvalue weighted by Crippen LogP contribution is -2.36. The van der Waals surface area contributed by atoms with E-state index in [1.165, 1.54) is 0 Å². The molecule has 146 valence electrons. The van der Waals surface area contributed by atoms with Crippen molar-refractivity contribution in [3.8, 4) is 23.0 Å². The molecule has 0 radical (unpaired) electrons. The molecule has 6 nitrogen and oxygen atoms in total. The van der Waals surface area contributed by atoms with Crippen LogP contribution in [0.1, 0.15) is 23.6 Å². The summed E-state index contributed by atoms with van der Waals surface area (Å²) in [6.45, 7) is 5.99. The van der Waals surface area contributed by atoms with Crippen LogP contribution in [-0.2, 0) is 11.3 Å². The molecule has 2 aromatic rings. The molecule has 0 aromatic heterocycles. The van der Waals surface area contributed by atoms with E-state index in [0.717, 1.165) is 16.7 Å². The third-order valence-electron chi connectivity index (χ3n) is 4.21. The molecule has 1 atom stereocenters. The van der Waals surface area contributed by atoms with E-state index >= 15 is 0 Å². The summed E-state index contributed by atoms with van der Waals surface area (Å²) in [4.78, 5) is 12.4. The van der Waals surface area contributed by atoms with E-state index in [-0.39, 0.29) is 5.91 Å². The van der Waals surface area contributed by atoms with Crippen molar-refractivity contribution in [2.45, 2.75) is 33.4 Å². The molecule has 0 bridgehead atoms. The van der Waals surface area contributed by atoms with E-state index in [4.69, 9.17) is 18.9 Å². The molecular formula is C21H27NO5. The SMILES string of the molecule is COc1cc(CNC(=O)C(C)Oc2cc(C)ccc2C)cc(OC)c1OC. The van der Waals surface area contributed by atoms with E-state index < -0.39 is 6.10 Å². The maximum atomic E-state index is 12.4. The fourth-order valence-electron chi connectivity index (χ4n) is 2.65. The summed E-state index contributed by atoms with van der Waals surface area (Å²) in [5.41, 5.74) is 2.90. The number of amides is 1. The minimum atomic E-state index is -0.618. The Morgan fingerprint density at radius 2 is 1.59 bits per heavy atom. The van der Waals surface area contributed by atoms with Crippen molar-refractivity contribution in [2.24, 2.45) is 0 Å². The van der Waals surface area contributed by atoms with Gasteiger partial charge in [0.25, 0.3) is 5.91 Å². The van der Waals surface area contributed by atoms with E-state index in [0.29, 0.717) is 29.5 Å². The lowest BCUT2D eigenvalue weighted by atomic mass is 10.1. The first-order valence-corrected chi connectivity index (χ1v) is 8.70. The maximum Gasteiger partial charge on any atom is 0.261 e. The zero-order valence-electron chi connectivity index (χ0n) is 16.7. The maximum absolute atomic E-state index is 12.4. The van der Waals surface area contributed by atoms with Crippen LogP contribution < -0.4 is 24.3 Å². The smallest absolute Gasteiger partial charge is 0.261 e. The Morgan fingerprint density at radius 1 is 0.963 bits per heavy atom.